The molecule has 0 atom stereocenters. The maximum absolute atomic E-state index is 12.9. The number of benzene rings is 2. The number of anilines is 1. The summed E-state index contributed by atoms with van der Waals surface area (Å²) < 4.78 is 10.6. The number of imide groups is 2. The SMILES string of the molecule is COc1ccc(N2C(=O)NC(=O)/C(=C\c3ccc(OCC(=O)O)c(Br)c3)C2=O)cc1. The second-order valence-corrected chi connectivity index (χ2v) is 6.88. The Hall–Kier alpha value is -3.66. The number of carbonyl (C=O) groups is 4. The number of rotatable bonds is 6. The van der Waals surface area contributed by atoms with Gasteiger partial charge in [0.25, 0.3) is 11.8 Å². The maximum atomic E-state index is 12.9. The van der Waals surface area contributed by atoms with Crippen LogP contribution in [0.4, 0.5) is 10.5 Å². The zero-order valence-electron chi connectivity index (χ0n) is 15.5. The molecule has 0 saturated carbocycles. The minimum Gasteiger partial charge on any atom is -0.497 e. The molecule has 2 aromatic carbocycles. The summed E-state index contributed by atoms with van der Waals surface area (Å²) in [6.45, 7) is -0.515. The van der Waals surface area contributed by atoms with E-state index >= 15 is 0 Å². The molecule has 0 unspecified atom stereocenters. The van der Waals surface area contributed by atoms with E-state index in [-0.39, 0.29) is 17.0 Å². The summed E-state index contributed by atoms with van der Waals surface area (Å²) in [6, 6.07) is 9.96. The topological polar surface area (TPSA) is 122 Å². The Labute approximate surface area is 179 Å². The number of urea groups is 1. The van der Waals surface area contributed by atoms with Crippen LogP contribution in [0.5, 0.6) is 11.5 Å². The Morgan fingerprint density at radius 1 is 1.17 bits per heavy atom. The molecule has 2 N–H and O–H groups in total. The van der Waals surface area contributed by atoms with Gasteiger partial charge in [-0.3, -0.25) is 14.9 Å². The lowest BCUT2D eigenvalue weighted by Gasteiger charge is -2.26. The first-order valence-corrected chi connectivity index (χ1v) is 9.29. The average molecular weight is 475 g/mol. The third-order valence-electron chi connectivity index (χ3n) is 4.05. The molecule has 1 saturated heterocycles. The highest BCUT2D eigenvalue weighted by Crippen LogP contribution is 2.28. The largest absolute Gasteiger partial charge is 0.497 e. The van der Waals surface area contributed by atoms with Crippen molar-refractivity contribution >= 4 is 51.5 Å². The lowest BCUT2D eigenvalue weighted by Crippen LogP contribution is -2.54. The number of halogens is 1. The monoisotopic (exact) mass is 474 g/mol. The smallest absolute Gasteiger partial charge is 0.341 e. The van der Waals surface area contributed by atoms with Crippen molar-refractivity contribution in [1.82, 2.24) is 5.32 Å². The molecule has 1 aliphatic heterocycles. The van der Waals surface area contributed by atoms with Gasteiger partial charge in [0.2, 0.25) is 0 Å². The molecule has 3 rings (SSSR count). The Balaban J connectivity index is 1.90. The number of nitrogens with zero attached hydrogens (tertiary/aromatic N) is 1. The number of barbiturate groups is 1. The number of nitrogens with one attached hydrogen (secondary N) is 1. The molecule has 0 aliphatic carbocycles. The molecule has 1 aliphatic rings. The van der Waals surface area contributed by atoms with Crippen molar-refractivity contribution in [2.45, 2.75) is 0 Å². The molecule has 0 radical (unpaired) electrons. The van der Waals surface area contributed by atoms with Crippen LogP contribution in [-0.4, -0.2) is 42.6 Å². The van der Waals surface area contributed by atoms with Gasteiger partial charge in [-0.1, -0.05) is 6.07 Å². The first-order chi connectivity index (χ1) is 14.3. The van der Waals surface area contributed by atoms with Crippen LogP contribution >= 0.6 is 15.9 Å². The van der Waals surface area contributed by atoms with Crippen LogP contribution in [0.15, 0.2) is 52.5 Å². The highest BCUT2D eigenvalue weighted by Gasteiger charge is 2.36. The van der Waals surface area contributed by atoms with Gasteiger partial charge in [-0.15, -0.1) is 0 Å². The molecule has 0 aromatic heterocycles. The number of carboxylic acid groups (broad SMARTS) is 1. The molecular weight excluding hydrogens is 460 g/mol. The predicted octanol–water partition coefficient (Wildman–Crippen LogP) is 2.59. The fraction of sp³-hybridized carbons (Fsp3) is 0.100. The van der Waals surface area contributed by atoms with Crippen LogP contribution in [0.2, 0.25) is 0 Å². The van der Waals surface area contributed by atoms with Gasteiger partial charge in [-0.2, -0.15) is 0 Å². The van der Waals surface area contributed by atoms with Gasteiger partial charge in [-0.25, -0.2) is 14.5 Å². The van der Waals surface area contributed by atoms with Crippen molar-refractivity contribution in [2.24, 2.45) is 0 Å². The summed E-state index contributed by atoms with van der Waals surface area (Å²) in [5.74, 6) is -1.89. The predicted molar refractivity (Wildman–Crippen MR) is 109 cm³/mol. The summed E-state index contributed by atoms with van der Waals surface area (Å²) >= 11 is 3.25. The van der Waals surface area contributed by atoms with E-state index in [0.717, 1.165) is 4.90 Å². The van der Waals surface area contributed by atoms with Gasteiger partial charge in [0.15, 0.2) is 6.61 Å². The number of carboxylic acids is 1. The van der Waals surface area contributed by atoms with Gasteiger partial charge in [0.1, 0.15) is 17.1 Å². The van der Waals surface area contributed by atoms with E-state index in [1.165, 1.54) is 31.4 Å². The van der Waals surface area contributed by atoms with E-state index in [9.17, 15) is 19.2 Å². The van der Waals surface area contributed by atoms with Gasteiger partial charge >= 0.3 is 12.0 Å². The van der Waals surface area contributed by atoms with Gasteiger partial charge in [0, 0.05) is 0 Å². The maximum Gasteiger partial charge on any atom is 0.341 e. The second kappa shape index (κ2) is 8.78. The van der Waals surface area contributed by atoms with E-state index in [0.29, 0.717) is 15.8 Å². The van der Waals surface area contributed by atoms with Gasteiger partial charge in [-0.05, 0) is 64.0 Å². The van der Waals surface area contributed by atoms with Crippen molar-refractivity contribution in [1.29, 1.82) is 0 Å². The molecule has 1 heterocycles. The third kappa shape index (κ3) is 4.49. The van der Waals surface area contributed by atoms with E-state index in [1.54, 1.807) is 24.3 Å². The summed E-state index contributed by atoms with van der Waals surface area (Å²) in [4.78, 5) is 48.8. The Bertz CT molecular complexity index is 1060. The molecular formula is C20H15BrN2O7. The summed E-state index contributed by atoms with van der Waals surface area (Å²) in [7, 11) is 1.49. The lowest BCUT2D eigenvalue weighted by atomic mass is 10.1. The first kappa shape index (κ1) is 21.1. The van der Waals surface area contributed by atoms with Crippen molar-refractivity contribution in [3.8, 4) is 11.5 Å². The van der Waals surface area contributed by atoms with E-state index in [2.05, 4.69) is 21.2 Å². The molecule has 0 bridgehead atoms. The fourth-order valence-corrected chi connectivity index (χ4v) is 3.16. The second-order valence-electron chi connectivity index (χ2n) is 6.03. The molecule has 2 aromatic rings. The van der Waals surface area contributed by atoms with Crippen LogP contribution in [0.1, 0.15) is 5.56 Å². The lowest BCUT2D eigenvalue weighted by molar-refractivity contribution is -0.139. The Kier molecular flexibility index (Phi) is 6.17. The molecule has 4 amide bonds. The van der Waals surface area contributed by atoms with E-state index < -0.39 is 30.4 Å². The summed E-state index contributed by atoms with van der Waals surface area (Å²) in [5.41, 5.74) is 0.499. The minimum atomic E-state index is -1.12. The molecule has 10 heteroatoms. The fourth-order valence-electron chi connectivity index (χ4n) is 2.65. The molecule has 1 fully saturated rings. The standard InChI is InChI=1S/C20H15BrN2O7/c1-29-13-5-3-12(4-6-13)23-19(27)14(18(26)22-20(23)28)8-11-2-7-16(15(21)9-11)30-10-17(24)25/h2-9H,10H2,1H3,(H,24,25)(H,22,26,28)/b14-8+. The molecule has 154 valence electrons. The normalized spacial score (nSPS) is 15.2. The number of aliphatic carboxylic acids is 1. The van der Waals surface area contributed by atoms with Crippen LogP contribution in [0.3, 0.4) is 0 Å². The van der Waals surface area contributed by atoms with Crippen LogP contribution in [0.25, 0.3) is 6.08 Å². The number of hydrogen-bond acceptors (Lipinski definition) is 6. The van der Waals surface area contributed by atoms with E-state index in [1.807, 2.05) is 0 Å². The number of carbonyl (C=O) groups excluding carboxylic acids is 3. The zero-order valence-corrected chi connectivity index (χ0v) is 17.1. The van der Waals surface area contributed by atoms with Crippen molar-refractivity contribution in [2.75, 3.05) is 18.6 Å². The average Bonchev–Trinajstić information content (AvgIpc) is 2.70. The van der Waals surface area contributed by atoms with Crippen molar-refractivity contribution in [3.05, 3.63) is 58.1 Å². The Morgan fingerprint density at radius 2 is 1.87 bits per heavy atom. The van der Waals surface area contributed by atoms with Crippen LogP contribution in [0, 0.1) is 0 Å². The zero-order chi connectivity index (χ0) is 21.8. The highest BCUT2D eigenvalue weighted by molar-refractivity contribution is 9.10. The molecule has 30 heavy (non-hydrogen) atoms. The Morgan fingerprint density at radius 3 is 2.47 bits per heavy atom. The number of ether oxygens (including phenoxy) is 2. The van der Waals surface area contributed by atoms with Crippen LogP contribution in [-0.2, 0) is 14.4 Å². The van der Waals surface area contributed by atoms with Crippen molar-refractivity contribution in [3.63, 3.8) is 0 Å². The highest BCUT2D eigenvalue weighted by atomic mass is 79.9. The summed E-state index contributed by atoms with van der Waals surface area (Å²) in [6.07, 6.45) is 1.33. The van der Waals surface area contributed by atoms with Crippen molar-refractivity contribution < 1.29 is 33.8 Å². The minimum absolute atomic E-state index is 0.239. The number of hydrogen-bond donors (Lipinski definition) is 2. The van der Waals surface area contributed by atoms with Crippen LogP contribution < -0.4 is 19.7 Å². The third-order valence-corrected chi connectivity index (χ3v) is 4.67. The number of amides is 4. The quantitative estimate of drug-likeness (QED) is 0.487. The number of methoxy groups -OCH3 is 1. The molecule has 9 nitrogen and oxygen atoms in total. The van der Waals surface area contributed by atoms with Gasteiger partial charge in [0.05, 0.1) is 17.3 Å². The molecule has 0 spiro atoms. The van der Waals surface area contributed by atoms with Gasteiger partial charge < -0.3 is 14.6 Å². The van der Waals surface area contributed by atoms with E-state index in [4.69, 9.17) is 14.6 Å². The first-order valence-electron chi connectivity index (χ1n) is 8.50. The summed E-state index contributed by atoms with van der Waals surface area (Å²) in [5, 5.41) is 10.8.